The van der Waals surface area contributed by atoms with E-state index < -0.39 is 0 Å². The molecule has 1 aromatic carbocycles. The number of thioether (sulfide) groups is 1. The van der Waals surface area contributed by atoms with E-state index in [9.17, 15) is 4.79 Å². The van der Waals surface area contributed by atoms with E-state index in [1.807, 2.05) is 36.9 Å². The van der Waals surface area contributed by atoms with Crippen molar-refractivity contribution in [3.63, 3.8) is 0 Å². The SMILES string of the molecule is CSCC[CH-]N1C(=O)OC[C@@H]1c1ccccc1.[Li+]. The molecule has 3 nitrogen and oxygen atoms in total. The number of cyclic esters (lactones) is 1. The predicted molar refractivity (Wildman–Crippen MR) is 69.7 cm³/mol. The van der Waals surface area contributed by atoms with Crippen molar-refractivity contribution in [2.24, 2.45) is 0 Å². The van der Waals surface area contributed by atoms with Crippen molar-refractivity contribution in [1.82, 2.24) is 4.90 Å². The summed E-state index contributed by atoms with van der Waals surface area (Å²) in [4.78, 5) is 13.3. The number of ether oxygens (including phenoxy) is 1. The molecular formula is C13H16LiNO2S. The van der Waals surface area contributed by atoms with E-state index in [-0.39, 0.29) is 31.0 Å². The summed E-state index contributed by atoms with van der Waals surface area (Å²) >= 11 is 1.77. The topological polar surface area (TPSA) is 29.5 Å². The van der Waals surface area contributed by atoms with Crippen LogP contribution in [0.5, 0.6) is 0 Å². The van der Waals surface area contributed by atoms with Crippen LogP contribution in [0.4, 0.5) is 4.79 Å². The fourth-order valence-electron chi connectivity index (χ4n) is 1.88. The van der Waals surface area contributed by atoms with Crippen LogP contribution in [0.15, 0.2) is 30.3 Å². The van der Waals surface area contributed by atoms with Gasteiger partial charge in [-0.3, -0.25) is 0 Å². The van der Waals surface area contributed by atoms with Gasteiger partial charge in [0, 0.05) is 0 Å². The molecule has 5 heteroatoms. The first-order valence-corrected chi connectivity index (χ1v) is 7.04. The Labute approximate surface area is 124 Å². The summed E-state index contributed by atoms with van der Waals surface area (Å²) in [7, 11) is 0. The van der Waals surface area contributed by atoms with Gasteiger partial charge >= 0.3 is 25.0 Å². The van der Waals surface area contributed by atoms with Crippen LogP contribution in [0.1, 0.15) is 18.0 Å². The van der Waals surface area contributed by atoms with Gasteiger partial charge in [-0.2, -0.15) is 18.2 Å². The summed E-state index contributed by atoms with van der Waals surface area (Å²) in [5.41, 5.74) is 1.12. The van der Waals surface area contributed by atoms with Gasteiger partial charge in [-0.25, -0.2) is 11.3 Å². The normalized spacial score (nSPS) is 18.4. The second kappa shape index (κ2) is 7.78. The van der Waals surface area contributed by atoms with Crippen molar-refractivity contribution >= 4 is 17.9 Å². The molecule has 0 unspecified atom stereocenters. The molecular weight excluding hydrogens is 241 g/mol. The van der Waals surface area contributed by atoms with Crippen molar-refractivity contribution in [2.75, 3.05) is 18.6 Å². The summed E-state index contributed by atoms with van der Waals surface area (Å²) < 4.78 is 5.11. The molecule has 1 amide bonds. The average molecular weight is 257 g/mol. The minimum Gasteiger partial charge on any atom is -0.449 e. The van der Waals surface area contributed by atoms with Crippen LogP contribution in [-0.2, 0) is 4.74 Å². The maximum atomic E-state index is 11.6. The molecule has 1 aromatic rings. The molecule has 18 heavy (non-hydrogen) atoms. The molecule has 0 saturated carbocycles. The summed E-state index contributed by atoms with van der Waals surface area (Å²) in [6.45, 7) is 2.39. The first-order valence-electron chi connectivity index (χ1n) is 5.65. The fraction of sp³-hybridized carbons (Fsp3) is 0.385. The van der Waals surface area contributed by atoms with Crippen molar-refractivity contribution in [1.29, 1.82) is 0 Å². The van der Waals surface area contributed by atoms with Gasteiger partial charge in [0.1, 0.15) is 6.61 Å². The molecule has 1 aliphatic heterocycles. The third-order valence-corrected chi connectivity index (χ3v) is 3.39. The smallest absolute Gasteiger partial charge is 0.449 e. The Morgan fingerprint density at radius 3 is 2.83 bits per heavy atom. The van der Waals surface area contributed by atoms with Crippen molar-refractivity contribution in [3.8, 4) is 0 Å². The third-order valence-electron chi connectivity index (χ3n) is 2.74. The van der Waals surface area contributed by atoms with Crippen molar-refractivity contribution in [2.45, 2.75) is 12.5 Å². The van der Waals surface area contributed by atoms with Crippen LogP contribution in [0.2, 0.25) is 0 Å². The molecule has 1 fully saturated rings. The molecule has 2 rings (SSSR count). The van der Waals surface area contributed by atoms with Crippen LogP contribution in [0.3, 0.4) is 0 Å². The van der Waals surface area contributed by atoms with Gasteiger partial charge in [0.25, 0.3) is 0 Å². The monoisotopic (exact) mass is 257 g/mol. The van der Waals surface area contributed by atoms with Gasteiger partial charge in [0.2, 0.25) is 0 Å². The number of hydrogen-bond donors (Lipinski definition) is 0. The molecule has 0 bridgehead atoms. The molecule has 0 N–H and O–H groups in total. The second-order valence-corrected chi connectivity index (χ2v) is 4.86. The Morgan fingerprint density at radius 2 is 2.17 bits per heavy atom. The van der Waals surface area contributed by atoms with Crippen LogP contribution < -0.4 is 18.9 Å². The molecule has 0 spiro atoms. The van der Waals surface area contributed by atoms with Gasteiger partial charge < -0.3 is 9.64 Å². The van der Waals surface area contributed by atoms with Crippen molar-refractivity contribution in [3.05, 3.63) is 42.4 Å². The number of rotatable bonds is 5. The Hall–Kier alpha value is -0.563. The maximum absolute atomic E-state index is 11.6. The number of hydrogen-bond acceptors (Lipinski definition) is 3. The number of benzene rings is 1. The Morgan fingerprint density at radius 1 is 1.44 bits per heavy atom. The van der Waals surface area contributed by atoms with Gasteiger partial charge in [-0.05, 0) is 17.6 Å². The Balaban J connectivity index is 0.00000162. The van der Waals surface area contributed by atoms with Crippen LogP contribution in [0.25, 0.3) is 0 Å². The molecule has 1 saturated heterocycles. The van der Waals surface area contributed by atoms with Gasteiger partial charge in [0.05, 0.1) is 6.04 Å². The van der Waals surface area contributed by atoms with Gasteiger partial charge in [-0.15, -0.1) is 0 Å². The molecule has 0 aliphatic carbocycles. The summed E-state index contributed by atoms with van der Waals surface area (Å²) in [5.74, 6) is 1.02. The van der Waals surface area contributed by atoms with Crippen LogP contribution in [-0.4, -0.2) is 29.6 Å². The second-order valence-electron chi connectivity index (χ2n) is 3.87. The molecule has 1 heterocycles. The summed E-state index contributed by atoms with van der Waals surface area (Å²) in [6.07, 6.45) is 2.71. The van der Waals surface area contributed by atoms with E-state index in [0.29, 0.717) is 6.61 Å². The Kier molecular flexibility index (Phi) is 6.70. The maximum Gasteiger partial charge on any atom is 1.00 e. The zero-order valence-electron chi connectivity index (χ0n) is 10.8. The number of amides is 1. The number of carbonyl (C=O) groups excluding carboxylic acids is 1. The van der Waals surface area contributed by atoms with E-state index in [4.69, 9.17) is 4.74 Å². The van der Waals surface area contributed by atoms with Crippen LogP contribution in [0, 0.1) is 6.54 Å². The molecule has 1 aliphatic rings. The van der Waals surface area contributed by atoms with Crippen molar-refractivity contribution < 1.29 is 28.4 Å². The van der Waals surface area contributed by atoms with E-state index in [1.165, 1.54) is 0 Å². The minimum absolute atomic E-state index is 0. The molecule has 0 radical (unpaired) electrons. The van der Waals surface area contributed by atoms with E-state index in [0.717, 1.165) is 17.7 Å². The van der Waals surface area contributed by atoms with Gasteiger partial charge in [0.15, 0.2) is 0 Å². The Bertz CT molecular complexity index is 375. The van der Waals surface area contributed by atoms with E-state index >= 15 is 0 Å². The predicted octanol–water partition coefficient (Wildman–Crippen LogP) is 0.0988. The number of carbonyl (C=O) groups is 1. The van der Waals surface area contributed by atoms with Crippen LogP contribution >= 0.6 is 11.8 Å². The summed E-state index contributed by atoms with van der Waals surface area (Å²) in [6, 6.07) is 10.0. The molecule has 0 aromatic heterocycles. The summed E-state index contributed by atoms with van der Waals surface area (Å²) in [5, 5.41) is 0. The standard InChI is InChI=1S/C13H16NO2S.Li/c1-17-9-5-8-14-12(10-16-13(14)15)11-6-3-2-4-7-11;/h2-4,6-8,12H,5,9-10H2,1H3;/q-1;+1/t12-;/m1./s1. The van der Waals surface area contributed by atoms with Gasteiger partial charge in [-0.1, -0.05) is 30.3 Å². The fourth-order valence-corrected chi connectivity index (χ4v) is 2.22. The first kappa shape index (κ1) is 15.5. The number of nitrogens with zero attached hydrogens (tertiary/aromatic N) is 1. The largest absolute Gasteiger partial charge is 1.00 e. The quantitative estimate of drug-likeness (QED) is 0.426. The third kappa shape index (κ3) is 3.71. The average Bonchev–Trinajstić information content (AvgIpc) is 2.73. The van der Waals surface area contributed by atoms with E-state index in [1.54, 1.807) is 16.7 Å². The minimum atomic E-state index is -0.236. The molecule has 92 valence electrons. The van der Waals surface area contributed by atoms with E-state index in [2.05, 4.69) is 6.26 Å². The zero-order valence-corrected chi connectivity index (χ0v) is 11.7. The molecule has 1 atom stereocenters. The zero-order chi connectivity index (χ0) is 12.1. The first-order chi connectivity index (χ1) is 8.33.